The van der Waals surface area contributed by atoms with E-state index in [1.165, 1.54) is 32.4 Å². The van der Waals surface area contributed by atoms with Crippen LogP contribution >= 0.6 is 0 Å². The van der Waals surface area contributed by atoms with Crippen molar-refractivity contribution < 1.29 is 0 Å². The summed E-state index contributed by atoms with van der Waals surface area (Å²) < 4.78 is 0. The summed E-state index contributed by atoms with van der Waals surface area (Å²) in [7, 11) is 0. The average Bonchev–Trinajstić information content (AvgIpc) is 2.61. The Kier molecular flexibility index (Phi) is 1.95. The van der Waals surface area contributed by atoms with Crippen LogP contribution in [0, 0.1) is 11.3 Å². The van der Waals surface area contributed by atoms with Gasteiger partial charge >= 0.3 is 0 Å². The molecule has 0 aromatic heterocycles. The van der Waals surface area contributed by atoms with Crippen molar-refractivity contribution in [3.8, 4) is 0 Å². The van der Waals surface area contributed by atoms with E-state index >= 15 is 0 Å². The van der Waals surface area contributed by atoms with Gasteiger partial charge in [-0.25, -0.2) is 0 Å². The Hall–Kier alpha value is -0.0400. The summed E-state index contributed by atoms with van der Waals surface area (Å²) in [5, 5.41) is 0. The van der Waals surface area contributed by atoms with E-state index in [-0.39, 0.29) is 0 Å². The van der Waals surface area contributed by atoms with Gasteiger partial charge in [-0.1, -0.05) is 6.92 Å². The SMILES string of the molecule is CC(C)N1CCCC2(C[C@H]2C)C1. The molecule has 2 atom stereocenters. The molecule has 0 radical (unpaired) electrons. The first-order valence-corrected chi connectivity index (χ1v) is 5.38. The molecule has 1 saturated carbocycles. The number of hydrogen-bond acceptors (Lipinski definition) is 1. The number of piperidine rings is 1. The maximum Gasteiger partial charge on any atom is 0.00433 e. The normalized spacial score (nSPS) is 42.5. The zero-order chi connectivity index (χ0) is 8.77. The Morgan fingerprint density at radius 3 is 2.58 bits per heavy atom. The predicted molar refractivity (Wildman–Crippen MR) is 52.2 cm³/mol. The van der Waals surface area contributed by atoms with E-state index in [1.54, 1.807) is 0 Å². The Balaban J connectivity index is 1.96. The largest absolute Gasteiger partial charge is 0.300 e. The van der Waals surface area contributed by atoms with Crippen LogP contribution < -0.4 is 0 Å². The minimum Gasteiger partial charge on any atom is -0.300 e. The van der Waals surface area contributed by atoms with Crippen molar-refractivity contribution in [1.29, 1.82) is 0 Å². The van der Waals surface area contributed by atoms with Crippen LogP contribution in [0.4, 0.5) is 0 Å². The van der Waals surface area contributed by atoms with Gasteiger partial charge in [-0.15, -0.1) is 0 Å². The van der Waals surface area contributed by atoms with Crippen LogP contribution in [0.2, 0.25) is 0 Å². The van der Waals surface area contributed by atoms with E-state index in [2.05, 4.69) is 25.7 Å². The summed E-state index contributed by atoms with van der Waals surface area (Å²) in [6.45, 7) is 9.79. The third-order valence-electron chi connectivity index (χ3n) is 3.97. The summed E-state index contributed by atoms with van der Waals surface area (Å²) >= 11 is 0. The molecule has 0 N–H and O–H groups in total. The Morgan fingerprint density at radius 2 is 2.08 bits per heavy atom. The Labute approximate surface area is 76.1 Å². The lowest BCUT2D eigenvalue weighted by Crippen LogP contribution is -2.41. The molecule has 1 heteroatoms. The first-order chi connectivity index (χ1) is 5.64. The predicted octanol–water partition coefficient (Wildman–Crippen LogP) is 2.52. The lowest BCUT2D eigenvalue weighted by molar-refractivity contribution is 0.121. The van der Waals surface area contributed by atoms with Gasteiger partial charge in [-0.3, -0.25) is 0 Å². The van der Waals surface area contributed by atoms with Crippen molar-refractivity contribution in [2.45, 2.75) is 46.1 Å². The van der Waals surface area contributed by atoms with Crippen molar-refractivity contribution in [3.63, 3.8) is 0 Å². The Morgan fingerprint density at radius 1 is 1.42 bits per heavy atom. The van der Waals surface area contributed by atoms with Gasteiger partial charge in [0.15, 0.2) is 0 Å². The van der Waals surface area contributed by atoms with Crippen molar-refractivity contribution in [2.24, 2.45) is 11.3 Å². The molecule has 2 fully saturated rings. The van der Waals surface area contributed by atoms with Crippen LogP contribution in [-0.4, -0.2) is 24.0 Å². The number of rotatable bonds is 1. The fourth-order valence-corrected chi connectivity index (χ4v) is 2.76. The fourth-order valence-electron chi connectivity index (χ4n) is 2.76. The Bertz CT molecular complexity index is 176. The zero-order valence-corrected chi connectivity index (χ0v) is 8.64. The van der Waals surface area contributed by atoms with E-state index in [9.17, 15) is 0 Å². The van der Waals surface area contributed by atoms with Crippen molar-refractivity contribution in [2.75, 3.05) is 13.1 Å². The molecule has 0 aromatic carbocycles. The highest BCUT2D eigenvalue weighted by Crippen LogP contribution is 2.57. The molecule has 0 amide bonds. The lowest BCUT2D eigenvalue weighted by atomic mass is 9.92. The molecule has 1 aliphatic heterocycles. The van der Waals surface area contributed by atoms with Gasteiger partial charge < -0.3 is 4.90 Å². The molecule has 0 aromatic rings. The van der Waals surface area contributed by atoms with Crippen LogP contribution in [0.25, 0.3) is 0 Å². The number of likely N-dealkylation sites (tertiary alicyclic amines) is 1. The van der Waals surface area contributed by atoms with Gasteiger partial charge in [0.05, 0.1) is 0 Å². The van der Waals surface area contributed by atoms with E-state index in [0.29, 0.717) is 0 Å². The maximum atomic E-state index is 2.66. The molecule has 70 valence electrons. The van der Waals surface area contributed by atoms with Crippen LogP contribution in [0.1, 0.15) is 40.0 Å². The second kappa shape index (κ2) is 2.73. The highest BCUT2D eigenvalue weighted by Gasteiger charge is 2.52. The molecule has 1 unspecified atom stereocenters. The van der Waals surface area contributed by atoms with Gasteiger partial charge in [-0.05, 0) is 51.0 Å². The topological polar surface area (TPSA) is 3.24 Å². The minimum atomic E-state index is 0.759. The van der Waals surface area contributed by atoms with Gasteiger partial charge in [0.1, 0.15) is 0 Å². The molecule has 2 aliphatic rings. The first-order valence-electron chi connectivity index (χ1n) is 5.38. The van der Waals surface area contributed by atoms with Crippen molar-refractivity contribution in [3.05, 3.63) is 0 Å². The number of hydrogen-bond donors (Lipinski definition) is 0. The summed E-state index contributed by atoms with van der Waals surface area (Å²) in [4.78, 5) is 2.66. The second-order valence-electron chi connectivity index (χ2n) is 5.14. The van der Waals surface area contributed by atoms with Crippen LogP contribution in [0.5, 0.6) is 0 Å². The van der Waals surface area contributed by atoms with E-state index in [0.717, 1.165) is 17.4 Å². The molecule has 1 spiro atoms. The van der Waals surface area contributed by atoms with Crippen LogP contribution in [0.3, 0.4) is 0 Å². The fraction of sp³-hybridized carbons (Fsp3) is 1.00. The van der Waals surface area contributed by atoms with Crippen molar-refractivity contribution >= 4 is 0 Å². The average molecular weight is 167 g/mol. The molecule has 2 rings (SSSR count). The van der Waals surface area contributed by atoms with Gasteiger partial charge in [0.25, 0.3) is 0 Å². The molecular formula is C11H21N. The second-order valence-corrected chi connectivity index (χ2v) is 5.14. The quantitative estimate of drug-likeness (QED) is 0.580. The molecule has 1 saturated heterocycles. The van der Waals surface area contributed by atoms with E-state index in [1.807, 2.05) is 0 Å². The monoisotopic (exact) mass is 167 g/mol. The van der Waals surface area contributed by atoms with Crippen LogP contribution in [-0.2, 0) is 0 Å². The number of nitrogens with zero attached hydrogens (tertiary/aromatic N) is 1. The van der Waals surface area contributed by atoms with Crippen molar-refractivity contribution in [1.82, 2.24) is 4.90 Å². The molecule has 1 nitrogen and oxygen atoms in total. The van der Waals surface area contributed by atoms with Gasteiger partial charge in [0, 0.05) is 12.6 Å². The molecule has 0 bridgehead atoms. The smallest absolute Gasteiger partial charge is 0.00433 e. The minimum absolute atomic E-state index is 0.759. The van der Waals surface area contributed by atoms with E-state index in [4.69, 9.17) is 0 Å². The van der Waals surface area contributed by atoms with Crippen LogP contribution in [0.15, 0.2) is 0 Å². The van der Waals surface area contributed by atoms with Gasteiger partial charge in [0.2, 0.25) is 0 Å². The third kappa shape index (κ3) is 1.28. The summed E-state index contributed by atoms with van der Waals surface area (Å²) in [6.07, 6.45) is 4.43. The molecule has 12 heavy (non-hydrogen) atoms. The summed E-state index contributed by atoms with van der Waals surface area (Å²) in [6, 6.07) is 0.759. The molecule has 1 heterocycles. The highest BCUT2D eigenvalue weighted by atomic mass is 15.2. The maximum absolute atomic E-state index is 2.66. The lowest BCUT2D eigenvalue weighted by Gasteiger charge is -2.36. The zero-order valence-electron chi connectivity index (χ0n) is 8.64. The standard InChI is InChI=1S/C11H21N/c1-9(2)12-6-4-5-11(8-12)7-10(11)3/h9-10H,4-8H2,1-3H3/t10-,11?/m1/s1. The van der Waals surface area contributed by atoms with Gasteiger partial charge in [-0.2, -0.15) is 0 Å². The van der Waals surface area contributed by atoms with E-state index < -0.39 is 0 Å². The third-order valence-corrected chi connectivity index (χ3v) is 3.97. The summed E-state index contributed by atoms with van der Waals surface area (Å²) in [5.74, 6) is 1.01. The molecular weight excluding hydrogens is 146 g/mol. The first kappa shape index (κ1) is 8.55. The highest BCUT2D eigenvalue weighted by molar-refractivity contribution is 5.03. The molecule has 1 aliphatic carbocycles. The summed E-state index contributed by atoms with van der Waals surface area (Å²) in [5.41, 5.74) is 0.766.